The molecule has 0 unspecified atom stereocenters. The van der Waals surface area contributed by atoms with Gasteiger partial charge in [0.25, 0.3) is 0 Å². The van der Waals surface area contributed by atoms with Gasteiger partial charge < -0.3 is 15.8 Å². The first kappa shape index (κ1) is 20.0. The number of imidazole rings is 1. The largest absolute Gasteiger partial charge is 0.710 e. The molecule has 0 spiro atoms. The van der Waals surface area contributed by atoms with Gasteiger partial charge in [0.2, 0.25) is 18.1 Å². The van der Waals surface area contributed by atoms with Crippen LogP contribution >= 0.6 is 0 Å². The monoisotopic (exact) mass is 397 g/mol. The summed E-state index contributed by atoms with van der Waals surface area (Å²) < 4.78 is 15.8. The molecule has 0 fully saturated rings. The molecular weight excluding hydrogens is 377 g/mol. The molecule has 150 valence electrons. The van der Waals surface area contributed by atoms with Crippen LogP contribution in [0.3, 0.4) is 0 Å². The summed E-state index contributed by atoms with van der Waals surface area (Å²) in [5.41, 5.74) is 2.06. The molecule has 0 atom stereocenters. The Morgan fingerprint density at radius 3 is 2.52 bits per heavy atom. The van der Waals surface area contributed by atoms with E-state index in [-0.39, 0.29) is 11.8 Å². The van der Waals surface area contributed by atoms with E-state index in [0.717, 1.165) is 0 Å². The van der Waals surface area contributed by atoms with E-state index in [9.17, 15) is 19.2 Å². The van der Waals surface area contributed by atoms with E-state index < -0.39 is 5.82 Å². The first-order valence-electron chi connectivity index (χ1n) is 8.92. The summed E-state index contributed by atoms with van der Waals surface area (Å²) in [7, 11) is 0. The highest BCUT2D eigenvalue weighted by Crippen LogP contribution is 2.31. The zero-order chi connectivity index (χ0) is 21.0. The molecule has 0 aliphatic carbocycles. The van der Waals surface area contributed by atoms with E-state index in [1.54, 1.807) is 16.7 Å². The number of halogens is 1. The molecule has 29 heavy (non-hydrogen) atoms. The van der Waals surface area contributed by atoms with Crippen molar-refractivity contribution in [3.05, 3.63) is 59.9 Å². The van der Waals surface area contributed by atoms with Crippen molar-refractivity contribution in [2.24, 2.45) is 0 Å². The lowest BCUT2D eigenvalue weighted by Crippen LogP contribution is -2.27. The Labute approximate surface area is 166 Å². The summed E-state index contributed by atoms with van der Waals surface area (Å²) in [6.07, 6.45) is 2.89. The van der Waals surface area contributed by atoms with Gasteiger partial charge >= 0.3 is 0 Å². The third-order valence-electron chi connectivity index (χ3n) is 4.16. The van der Waals surface area contributed by atoms with E-state index in [1.807, 2.05) is 0 Å². The smallest absolute Gasteiger partial charge is 0.247 e. The van der Waals surface area contributed by atoms with Crippen molar-refractivity contribution < 1.29 is 18.7 Å². The van der Waals surface area contributed by atoms with Crippen molar-refractivity contribution in [2.45, 2.75) is 20.4 Å². The Balaban J connectivity index is 2.11. The SMILES string of the molecule is CC(=O)NCCn1c[n+]([O-])c(-c2ccc(F)cc2)c1-c1ccnc(NC(C)=O)c1. The highest BCUT2D eigenvalue weighted by molar-refractivity contribution is 5.88. The van der Waals surface area contributed by atoms with Gasteiger partial charge in [-0.2, -0.15) is 0 Å². The van der Waals surface area contributed by atoms with Gasteiger partial charge in [-0.1, -0.05) is 0 Å². The number of hydrogen-bond donors (Lipinski definition) is 2. The van der Waals surface area contributed by atoms with E-state index in [2.05, 4.69) is 15.6 Å². The quantitative estimate of drug-likeness (QED) is 0.491. The second-order valence-corrected chi connectivity index (χ2v) is 6.43. The molecule has 2 N–H and O–H groups in total. The number of nitrogens with one attached hydrogen (secondary N) is 2. The summed E-state index contributed by atoms with van der Waals surface area (Å²) in [4.78, 5) is 26.7. The normalized spacial score (nSPS) is 10.6. The number of benzene rings is 1. The topological polar surface area (TPSA) is 103 Å². The van der Waals surface area contributed by atoms with Crippen LogP contribution in [0.1, 0.15) is 13.8 Å². The van der Waals surface area contributed by atoms with Crippen LogP contribution < -0.4 is 15.4 Å². The van der Waals surface area contributed by atoms with Crippen molar-refractivity contribution in [1.82, 2.24) is 14.9 Å². The summed E-state index contributed by atoms with van der Waals surface area (Å²) in [5, 5.41) is 18.0. The summed E-state index contributed by atoms with van der Waals surface area (Å²) in [5.74, 6) is -0.514. The van der Waals surface area contributed by atoms with Gasteiger partial charge in [-0.25, -0.2) is 18.7 Å². The highest BCUT2D eigenvalue weighted by Gasteiger charge is 2.24. The number of carbonyl (C=O) groups is 2. The molecule has 0 bridgehead atoms. The molecular formula is C20H20FN5O3. The number of carbonyl (C=O) groups excluding carboxylic acids is 2. The Morgan fingerprint density at radius 1 is 1.14 bits per heavy atom. The zero-order valence-electron chi connectivity index (χ0n) is 16.0. The maximum atomic E-state index is 13.4. The summed E-state index contributed by atoms with van der Waals surface area (Å²) in [6, 6.07) is 8.97. The van der Waals surface area contributed by atoms with Crippen LogP contribution in [-0.4, -0.2) is 27.9 Å². The van der Waals surface area contributed by atoms with Crippen molar-refractivity contribution in [3.63, 3.8) is 0 Å². The standard InChI is InChI=1S/C20H20FN5O3/c1-13(27)22-9-10-25-12-26(29)20(15-3-5-17(21)6-4-15)19(25)16-7-8-23-18(11-16)24-14(2)28/h3-8,11-12H,9-10H2,1-2H3,(H,22,27)(H,23,24,28). The van der Waals surface area contributed by atoms with Crippen LogP contribution in [-0.2, 0) is 16.1 Å². The lowest BCUT2D eigenvalue weighted by atomic mass is 10.1. The van der Waals surface area contributed by atoms with Crippen LogP contribution in [0.5, 0.6) is 0 Å². The van der Waals surface area contributed by atoms with Crippen LogP contribution in [0.15, 0.2) is 48.9 Å². The van der Waals surface area contributed by atoms with Gasteiger partial charge in [0, 0.05) is 31.2 Å². The van der Waals surface area contributed by atoms with Crippen LogP contribution in [0, 0.1) is 11.0 Å². The lowest BCUT2D eigenvalue weighted by molar-refractivity contribution is -0.593. The second kappa shape index (κ2) is 8.51. The fourth-order valence-electron chi connectivity index (χ4n) is 3.01. The lowest BCUT2D eigenvalue weighted by Gasteiger charge is -2.08. The van der Waals surface area contributed by atoms with E-state index >= 15 is 0 Å². The molecule has 8 nitrogen and oxygen atoms in total. The Bertz CT molecular complexity index is 1050. The van der Waals surface area contributed by atoms with Crippen molar-refractivity contribution in [2.75, 3.05) is 11.9 Å². The van der Waals surface area contributed by atoms with Gasteiger partial charge in [-0.15, -0.1) is 0 Å². The van der Waals surface area contributed by atoms with Crippen molar-refractivity contribution in [1.29, 1.82) is 0 Å². The van der Waals surface area contributed by atoms with Gasteiger partial charge in [-0.3, -0.25) is 9.59 Å². The molecule has 0 saturated carbocycles. The number of rotatable bonds is 6. The number of hydrogen-bond acceptors (Lipinski definition) is 4. The van der Waals surface area contributed by atoms with E-state index in [1.165, 1.54) is 50.6 Å². The maximum Gasteiger partial charge on any atom is 0.247 e. The van der Waals surface area contributed by atoms with Crippen molar-refractivity contribution >= 4 is 17.6 Å². The van der Waals surface area contributed by atoms with Crippen LogP contribution in [0.25, 0.3) is 22.5 Å². The predicted molar refractivity (Wildman–Crippen MR) is 105 cm³/mol. The molecule has 3 aromatic rings. The second-order valence-electron chi connectivity index (χ2n) is 6.43. The fraction of sp³-hybridized carbons (Fsp3) is 0.200. The zero-order valence-corrected chi connectivity index (χ0v) is 16.0. The van der Waals surface area contributed by atoms with Crippen LogP contribution in [0.2, 0.25) is 0 Å². The Morgan fingerprint density at radius 2 is 1.86 bits per heavy atom. The van der Waals surface area contributed by atoms with Crippen molar-refractivity contribution in [3.8, 4) is 22.5 Å². The minimum atomic E-state index is -0.408. The molecule has 2 heterocycles. The summed E-state index contributed by atoms with van der Waals surface area (Å²) in [6.45, 7) is 3.45. The minimum absolute atomic E-state index is 0.177. The van der Waals surface area contributed by atoms with Gasteiger partial charge in [0.1, 0.15) is 18.2 Å². The Hall–Kier alpha value is -3.75. The van der Waals surface area contributed by atoms with Gasteiger partial charge in [-0.05, 0) is 36.4 Å². The third kappa shape index (κ3) is 4.75. The number of aromatic nitrogens is 3. The molecule has 2 aromatic heterocycles. The van der Waals surface area contributed by atoms with Crippen LogP contribution in [0.4, 0.5) is 10.2 Å². The third-order valence-corrected chi connectivity index (χ3v) is 4.16. The number of amides is 2. The maximum absolute atomic E-state index is 13.4. The number of pyridine rings is 1. The number of nitrogens with zero attached hydrogens (tertiary/aromatic N) is 3. The van der Waals surface area contributed by atoms with E-state index in [0.29, 0.717) is 46.2 Å². The summed E-state index contributed by atoms with van der Waals surface area (Å²) >= 11 is 0. The predicted octanol–water partition coefficient (Wildman–Crippen LogP) is 2.08. The van der Waals surface area contributed by atoms with Gasteiger partial charge in [0.05, 0.1) is 6.54 Å². The molecule has 9 heteroatoms. The highest BCUT2D eigenvalue weighted by atomic mass is 19.1. The molecule has 3 rings (SSSR count). The Kier molecular flexibility index (Phi) is 5.87. The van der Waals surface area contributed by atoms with Gasteiger partial charge in [0.15, 0.2) is 11.4 Å². The average Bonchev–Trinajstić information content (AvgIpc) is 2.98. The fourth-order valence-corrected chi connectivity index (χ4v) is 3.01. The molecule has 0 radical (unpaired) electrons. The average molecular weight is 397 g/mol. The molecule has 2 amide bonds. The molecule has 0 aliphatic rings. The molecule has 0 saturated heterocycles. The molecule has 1 aromatic carbocycles. The molecule has 0 aliphatic heterocycles. The first-order valence-corrected chi connectivity index (χ1v) is 8.92. The first-order chi connectivity index (χ1) is 13.8. The minimum Gasteiger partial charge on any atom is -0.710 e. The number of anilines is 1. The van der Waals surface area contributed by atoms with E-state index in [4.69, 9.17) is 0 Å².